The van der Waals surface area contributed by atoms with E-state index >= 15 is 0 Å². The minimum Gasteiger partial charge on any atom is -0.494 e. The van der Waals surface area contributed by atoms with Crippen molar-refractivity contribution in [1.29, 1.82) is 0 Å². The number of nitrogens with one attached hydrogen (secondary N) is 1. The lowest BCUT2D eigenvalue weighted by molar-refractivity contribution is 0.108. The number of benzene rings is 2. The number of ether oxygens (including phenoxy) is 2. The molecule has 0 aliphatic heterocycles. The van der Waals surface area contributed by atoms with Crippen molar-refractivity contribution in [3.05, 3.63) is 48.4 Å². The molecule has 3 saturated carbocycles. The second-order valence-electron chi connectivity index (χ2n) is 11.2. The van der Waals surface area contributed by atoms with Crippen LogP contribution >= 0.6 is 0 Å². The van der Waals surface area contributed by atoms with Gasteiger partial charge in [0.15, 0.2) is 0 Å². The molecule has 0 bridgehead atoms. The molecule has 3 aliphatic rings. The van der Waals surface area contributed by atoms with Crippen molar-refractivity contribution in [2.24, 2.45) is 5.92 Å². The molecular formula is C31H34N4O4. The zero-order valence-electron chi connectivity index (χ0n) is 22.5. The Balaban J connectivity index is 1.30. The van der Waals surface area contributed by atoms with E-state index in [-0.39, 0.29) is 6.10 Å². The number of fused-ring (bicyclic) bond motifs is 1. The van der Waals surface area contributed by atoms with Gasteiger partial charge in [0.2, 0.25) is 11.7 Å². The molecule has 8 heteroatoms. The van der Waals surface area contributed by atoms with Crippen molar-refractivity contribution in [3.63, 3.8) is 0 Å². The number of rotatable bonds is 9. The lowest BCUT2D eigenvalue weighted by Gasteiger charge is -2.30. The molecule has 3 aliphatic carbocycles. The highest BCUT2D eigenvalue weighted by Gasteiger charge is 2.34. The molecule has 8 nitrogen and oxygen atoms in total. The zero-order valence-corrected chi connectivity index (χ0v) is 22.5. The lowest BCUT2D eigenvalue weighted by atomic mass is 9.92. The van der Waals surface area contributed by atoms with Gasteiger partial charge >= 0.3 is 6.09 Å². The summed E-state index contributed by atoms with van der Waals surface area (Å²) in [6, 6.07) is 14.6. The van der Waals surface area contributed by atoms with Crippen LogP contribution < -0.4 is 10.1 Å². The maximum Gasteiger partial charge on any atom is 0.411 e. The van der Waals surface area contributed by atoms with Gasteiger partial charge in [0.25, 0.3) is 0 Å². The number of aromatic nitrogens is 3. The highest BCUT2D eigenvalue weighted by molar-refractivity contribution is 6.04. The molecule has 0 radical (unpaired) electrons. The van der Waals surface area contributed by atoms with Gasteiger partial charge in [-0.25, -0.2) is 4.79 Å². The van der Waals surface area contributed by atoms with Crippen molar-refractivity contribution in [2.45, 2.75) is 76.9 Å². The summed E-state index contributed by atoms with van der Waals surface area (Å²) in [5.74, 6) is 3.08. The van der Waals surface area contributed by atoms with Crippen LogP contribution in [0.15, 0.2) is 47.0 Å². The number of hydrogen-bond acceptors (Lipinski definition) is 6. The normalized spacial score (nSPS) is 18.1. The molecular weight excluding hydrogens is 492 g/mol. The van der Waals surface area contributed by atoms with Gasteiger partial charge in [0.1, 0.15) is 11.9 Å². The first-order valence-electron chi connectivity index (χ1n) is 14.3. The summed E-state index contributed by atoms with van der Waals surface area (Å²) in [4.78, 5) is 17.3. The van der Waals surface area contributed by atoms with E-state index in [1.165, 1.54) is 6.42 Å². The number of amides is 1. The van der Waals surface area contributed by atoms with E-state index in [0.717, 1.165) is 77.9 Å². The Bertz CT molecular complexity index is 1510. The number of carbonyl (C=O) groups excluding carboxylic acids is 1. The molecule has 202 valence electrons. The molecule has 0 spiro atoms. The Kier molecular flexibility index (Phi) is 6.05. The van der Waals surface area contributed by atoms with E-state index in [9.17, 15) is 4.79 Å². The summed E-state index contributed by atoms with van der Waals surface area (Å²) < 4.78 is 19.6. The molecule has 0 saturated heterocycles. The van der Waals surface area contributed by atoms with Crippen LogP contribution in [0.1, 0.15) is 76.6 Å². The van der Waals surface area contributed by atoms with Crippen LogP contribution in [0.5, 0.6) is 5.75 Å². The first-order valence-corrected chi connectivity index (χ1v) is 14.3. The third-order valence-electron chi connectivity index (χ3n) is 8.30. The topological polar surface area (TPSA) is 91.4 Å². The van der Waals surface area contributed by atoms with Gasteiger partial charge in [-0.05, 0) is 94.5 Å². The van der Waals surface area contributed by atoms with E-state index in [1.807, 2.05) is 32.0 Å². The molecule has 1 unspecified atom stereocenters. The molecule has 2 aromatic heterocycles. The Morgan fingerprint density at radius 1 is 1.10 bits per heavy atom. The predicted molar refractivity (Wildman–Crippen MR) is 149 cm³/mol. The Morgan fingerprint density at radius 2 is 1.90 bits per heavy atom. The maximum atomic E-state index is 12.4. The van der Waals surface area contributed by atoms with Crippen LogP contribution in [0, 0.1) is 5.92 Å². The summed E-state index contributed by atoms with van der Waals surface area (Å²) in [7, 11) is 0. The third-order valence-corrected chi connectivity index (χ3v) is 8.30. The monoisotopic (exact) mass is 526 g/mol. The van der Waals surface area contributed by atoms with Gasteiger partial charge in [0, 0.05) is 29.1 Å². The van der Waals surface area contributed by atoms with Gasteiger partial charge in [0.05, 0.1) is 23.4 Å². The van der Waals surface area contributed by atoms with E-state index in [0.29, 0.717) is 36.0 Å². The summed E-state index contributed by atoms with van der Waals surface area (Å²) in [6.07, 6.45) is 7.47. The summed E-state index contributed by atoms with van der Waals surface area (Å²) in [5, 5.41) is 8.43. The largest absolute Gasteiger partial charge is 0.494 e. The maximum absolute atomic E-state index is 12.4. The minimum absolute atomic E-state index is 0.0536. The Hall–Kier alpha value is -3.81. The summed E-state index contributed by atoms with van der Waals surface area (Å²) in [5.41, 5.74) is 4.91. The van der Waals surface area contributed by atoms with E-state index in [1.54, 1.807) is 0 Å². The molecule has 39 heavy (non-hydrogen) atoms. The number of nitrogens with zero attached hydrogens (tertiary/aromatic N) is 3. The summed E-state index contributed by atoms with van der Waals surface area (Å²) >= 11 is 0. The van der Waals surface area contributed by atoms with E-state index < -0.39 is 6.09 Å². The van der Waals surface area contributed by atoms with Crippen LogP contribution in [-0.4, -0.2) is 33.5 Å². The highest BCUT2D eigenvalue weighted by atomic mass is 16.6. The Labute approximate surface area is 227 Å². The second kappa shape index (κ2) is 9.74. The average Bonchev–Trinajstić information content (AvgIpc) is 3.84. The SMILES string of the molecule is CCOc1ccc2c(-c3noc(C4CC4)n3)c(-c3ccc(NC(=O)OC(C)C4CC4)cc3)n(C3CCC3)c2c1. The molecule has 3 fully saturated rings. The van der Waals surface area contributed by atoms with Crippen molar-refractivity contribution in [3.8, 4) is 28.4 Å². The Morgan fingerprint density at radius 3 is 2.56 bits per heavy atom. The molecule has 1 amide bonds. The lowest BCUT2D eigenvalue weighted by Crippen LogP contribution is -2.21. The van der Waals surface area contributed by atoms with Crippen LogP contribution in [0.3, 0.4) is 0 Å². The van der Waals surface area contributed by atoms with Crippen LogP contribution in [0.25, 0.3) is 33.5 Å². The van der Waals surface area contributed by atoms with E-state index in [4.69, 9.17) is 19.0 Å². The third kappa shape index (κ3) is 4.66. The standard InChI is InChI=1S/C31H34N4O4/c1-3-37-24-15-16-25-26(17-24)35(23-5-4-6-23)28(27(25)29-33-30(39-34-29)21-9-10-21)20-11-13-22(14-12-20)32-31(36)38-18(2)19-7-8-19/h11-19,21,23H,3-10H2,1-2H3,(H,32,36). The van der Waals surface area contributed by atoms with Gasteiger partial charge < -0.3 is 18.6 Å². The van der Waals surface area contributed by atoms with Gasteiger partial charge in [-0.2, -0.15) is 4.98 Å². The van der Waals surface area contributed by atoms with Crippen LogP contribution in [0.4, 0.5) is 10.5 Å². The van der Waals surface area contributed by atoms with Crippen molar-refractivity contribution < 1.29 is 18.8 Å². The van der Waals surface area contributed by atoms with Crippen molar-refractivity contribution >= 4 is 22.7 Å². The fourth-order valence-electron chi connectivity index (χ4n) is 5.60. The van der Waals surface area contributed by atoms with Crippen LogP contribution in [0.2, 0.25) is 0 Å². The highest BCUT2D eigenvalue weighted by Crippen LogP contribution is 2.48. The number of carbonyl (C=O) groups is 1. The molecule has 2 aromatic carbocycles. The van der Waals surface area contributed by atoms with Gasteiger partial charge in [-0.3, -0.25) is 5.32 Å². The molecule has 2 heterocycles. The fraction of sp³-hybridized carbons (Fsp3) is 0.452. The molecule has 1 N–H and O–H groups in total. The zero-order chi connectivity index (χ0) is 26.5. The first-order chi connectivity index (χ1) is 19.1. The predicted octanol–water partition coefficient (Wildman–Crippen LogP) is 7.71. The van der Waals surface area contributed by atoms with Crippen molar-refractivity contribution in [2.75, 3.05) is 11.9 Å². The number of hydrogen-bond donors (Lipinski definition) is 1. The fourth-order valence-corrected chi connectivity index (χ4v) is 5.60. The molecule has 7 rings (SSSR count). The molecule has 4 aromatic rings. The first kappa shape index (κ1) is 24.2. The summed E-state index contributed by atoms with van der Waals surface area (Å²) in [6.45, 7) is 4.58. The van der Waals surface area contributed by atoms with Gasteiger partial charge in [-0.1, -0.05) is 17.3 Å². The second-order valence-corrected chi connectivity index (χ2v) is 11.2. The van der Waals surface area contributed by atoms with E-state index in [2.05, 4.69) is 39.3 Å². The average molecular weight is 527 g/mol. The van der Waals surface area contributed by atoms with Crippen LogP contribution in [-0.2, 0) is 4.74 Å². The number of anilines is 1. The minimum atomic E-state index is -0.408. The van der Waals surface area contributed by atoms with Crippen molar-refractivity contribution in [1.82, 2.24) is 14.7 Å². The molecule has 1 atom stereocenters. The smallest absolute Gasteiger partial charge is 0.411 e. The van der Waals surface area contributed by atoms with Gasteiger partial charge in [-0.15, -0.1) is 0 Å². The quantitative estimate of drug-likeness (QED) is 0.240.